The molecule has 0 aromatic carbocycles. The van der Waals surface area contributed by atoms with Crippen molar-refractivity contribution in [2.24, 2.45) is 0 Å². The number of allylic oxidation sites excluding steroid dienone is 2. The van der Waals surface area contributed by atoms with Gasteiger partial charge in [0.05, 0.1) is 18.3 Å². The quantitative estimate of drug-likeness (QED) is 0.491. The number of hydrogen-bond donors (Lipinski definition) is 2. The molecule has 2 heterocycles. The van der Waals surface area contributed by atoms with E-state index in [1.807, 2.05) is 12.2 Å². The molecule has 2 rings (SSSR count). The number of hydrogen-bond acceptors (Lipinski definition) is 3. The summed E-state index contributed by atoms with van der Waals surface area (Å²) in [6.07, 6.45) is 6.16. The summed E-state index contributed by atoms with van der Waals surface area (Å²) in [7, 11) is 0. The molecule has 2 aliphatic rings. The Bertz CT molecular complexity index is 186. The Morgan fingerprint density at radius 1 is 1.60 bits per heavy atom. The lowest BCUT2D eigenvalue weighted by Gasteiger charge is -2.06. The van der Waals surface area contributed by atoms with Gasteiger partial charge in [0.25, 0.3) is 0 Å². The summed E-state index contributed by atoms with van der Waals surface area (Å²) in [6.45, 7) is 1.66. The SMILES string of the molecule is C1=CCNC2CONC2=C1. The van der Waals surface area contributed by atoms with Crippen molar-refractivity contribution >= 4 is 0 Å². The normalized spacial score (nSPS) is 30.4. The van der Waals surface area contributed by atoms with Gasteiger partial charge in [-0.15, -0.1) is 0 Å². The third-order valence-corrected chi connectivity index (χ3v) is 1.71. The van der Waals surface area contributed by atoms with Crippen LogP contribution in [0.15, 0.2) is 23.9 Å². The second kappa shape index (κ2) is 2.44. The van der Waals surface area contributed by atoms with Crippen molar-refractivity contribution in [1.29, 1.82) is 0 Å². The Morgan fingerprint density at radius 2 is 2.60 bits per heavy atom. The summed E-state index contributed by atoms with van der Waals surface area (Å²) in [4.78, 5) is 5.03. The zero-order valence-corrected chi connectivity index (χ0v) is 5.63. The fourth-order valence-corrected chi connectivity index (χ4v) is 1.14. The van der Waals surface area contributed by atoms with Crippen LogP contribution in [0.25, 0.3) is 0 Å². The number of nitrogens with one attached hydrogen (secondary N) is 2. The first-order valence-corrected chi connectivity index (χ1v) is 3.45. The minimum Gasteiger partial charge on any atom is -0.303 e. The lowest BCUT2D eigenvalue weighted by molar-refractivity contribution is 0.107. The molecule has 1 saturated heterocycles. The van der Waals surface area contributed by atoms with E-state index in [0.717, 1.165) is 18.8 Å². The summed E-state index contributed by atoms with van der Waals surface area (Å²) < 4.78 is 0. The molecule has 0 radical (unpaired) electrons. The Kier molecular flexibility index (Phi) is 1.45. The molecule has 1 fully saturated rings. The van der Waals surface area contributed by atoms with Gasteiger partial charge in [-0.3, -0.25) is 10.3 Å². The van der Waals surface area contributed by atoms with Gasteiger partial charge in [-0.1, -0.05) is 12.2 Å². The molecule has 3 heteroatoms. The van der Waals surface area contributed by atoms with Crippen molar-refractivity contribution in [3.05, 3.63) is 23.9 Å². The van der Waals surface area contributed by atoms with Gasteiger partial charge in [0, 0.05) is 6.54 Å². The average Bonchev–Trinajstić information content (AvgIpc) is 2.28. The van der Waals surface area contributed by atoms with Gasteiger partial charge < -0.3 is 5.32 Å². The second-order valence-corrected chi connectivity index (χ2v) is 2.42. The minimum absolute atomic E-state index is 0.370. The molecule has 1 atom stereocenters. The maximum absolute atomic E-state index is 5.03. The largest absolute Gasteiger partial charge is 0.303 e. The average molecular weight is 138 g/mol. The van der Waals surface area contributed by atoms with Crippen LogP contribution in [0.4, 0.5) is 0 Å². The molecule has 0 aliphatic carbocycles. The van der Waals surface area contributed by atoms with Gasteiger partial charge >= 0.3 is 0 Å². The van der Waals surface area contributed by atoms with E-state index < -0.39 is 0 Å². The number of rotatable bonds is 0. The second-order valence-electron chi connectivity index (χ2n) is 2.42. The van der Waals surface area contributed by atoms with Crippen LogP contribution in [0.1, 0.15) is 0 Å². The van der Waals surface area contributed by atoms with Crippen LogP contribution in [-0.2, 0) is 4.84 Å². The zero-order valence-electron chi connectivity index (χ0n) is 5.63. The minimum atomic E-state index is 0.370. The van der Waals surface area contributed by atoms with Crippen LogP contribution < -0.4 is 10.8 Å². The summed E-state index contributed by atoms with van der Waals surface area (Å²) >= 11 is 0. The van der Waals surface area contributed by atoms with E-state index in [2.05, 4.69) is 16.9 Å². The van der Waals surface area contributed by atoms with Crippen LogP contribution >= 0.6 is 0 Å². The zero-order chi connectivity index (χ0) is 6.81. The molecule has 0 spiro atoms. The van der Waals surface area contributed by atoms with Crippen molar-refractivity contribution in [3.63, 3.8) is 0 Å². The lowest BCUT2D eigenvalue weighted by Crippen LogP contribution is -2.30. The number of fused-ring (bicyclic) bond motifs is 1. The lowest BCUT2D eigenvalue weighted by atomic mass is 10.2. The first-order chi connectivity index (χ1) is 4.97. The molecule has 3 nitrogen and oxygen atoms in total. The standard InChI is InChI=1S/C7H10N2O/c1-2-4-8-7-5-10-9-6(7)3-1/h1-3,7-9H,4-5H2. The van der Waals surface area contributed by atoms with Crippen molar-refractivity contribution < 1.29 is 4.84 Å². The summed E-state index contributed by atoms with van der Waals surface area (Å²) in [5.74, 6) is 0. The third-order valence-electron chi connectivity index (χ3n) is 1.71. The Balaban J connectivity index is 2.18. The maximum atomic E-state index is 5.03. The Morgan fingerprint density at radius 3 is 3.60 bits per heavy atom. The molecule has 2 aliphatic heterocycles. The van der Waals surface area contributed by atoms with Gasteiger partial charge in [0.1, 0.15) is 0 Å². The van der Waals surface area contributed by atoms with Crippen LogP contribution in [0, 0.1) is 0 Å². The van der Waals surface area contributed by atoms with Gasteiger partial charge in [-0.25, -0.2) is 0 Å². The monoisotopic (exact) mass is 138 g/mol. The van der Waals surface area contributed by atoms with Crippen molar-refractivity contribution in [2.75, 3.05) is 13.2 Å². The van der Waals surface area contributed by atoms with E-state index in [0.29, 0.717) is 6.04 Å². The van der Waals surface area contributed by atoms with E-state index in [1.54, 1.807) is 0 Å². The van der Waals surface area contributed by atoms with E-state index >= 15 is 0 Å². The molecule has 10 heavy (non-hydrogen) atoms. The Labute approximate surface area is 59.7 Å². The topological polar surface area (TPSA) is 33.3 Å². The van der Waals surface area contributed by atoms with E-state index in [4.69, 9.17) is 4.84 Å². The van der Waals surface area contributed by atoms with Crippen LogP contribution in [-0.4, -0.2) is 19.2 Å². The van der Waals surface area contributed by atoms with E-state index in [9.17, 15) is 0 Å². The molecule has 54 valence electrons. The van der Waals surface area contributed by atoms with Crippen molar-refractivity contribution in [1.82, 2.24) is 10.8 Å². The molecular formula is C7H10N2O. The van der Waals surface area contributed by atoms with Crippen molar-refractivity contribution in [3.8, 4) is 0 Å². The molecule has 0 bridgehead atoms. The molecule has 0 aromatic heterocycles. The first kappa shape index (κ1) is 5.95. The van der Waals surface area contributed by atoms with Gasteiger partial charge in [0.2, 0.25) is 0 Å². The smallest absolute Gasteiger partial charge is 0.0956 e. The molecular weight excluding hydrogens is 128 g/mol. The summed E-state index contributed by atoms with van der Waals surface area (Å²) in [5, 5.41) is 3.30. The number of hydroxylamine groups is 1. The fourth-order valence-electron chi connectivity index (χ4n) is 1.14. The molecule has 0 aromatic rings. The fraction of sp³-hybridized carbons (Fsp3) is 0.429. The first-order valence-electron chi connectivity index (χ1n) is 3.45. The Hall–Kier alpha value is -0.800. The maximum Gasteiger partial charge on any atom is 0.0956 e. The van der Waals surface area contributed by atoms with Gasteiger partial charge in [-0.05, 0) is 6.08 Å². The predicted octanol–water partition coefficient (Wildman–Crippen LogP) is -0.0669. The highest BCUT2D eigenvalue weighted by molar-refractivity contribution is 5.20. The van der Waals surface area contributed by atoms with E-state index in [-0.39, 0.29) is 0 Å². The van der Waals surface area contributed by atoms with Gasteiger partial charge in [-0.2, -0.15) is 0 Å². The van der Waals surface area contributed by atoms with Crippen LogP contribution in [0.2, 0.25) is 0 Å². The third kappa shape index (κ3) is 0.936. The highest BCUT2D eigenvalue weighted by Gasteiger charge is 2.20. The summed E-state index contributed by atoms with van der Waals surface area (Å²) in [6, 6.07) is 0.370. The summed E-state index contributed by atoms with van der Waals surface area (Å²) in [5.41, 5.74) is 3.98. The highest BCUT2D eigenvalue weighted by Crippen LogP contribution is 2.08. The molecule has 2 N–H and O–H groups in total. The van der Waals surface area contributed by atoms with E-state index in [1.165, 1.54) is 0 Å². The molecule has 0 amide bonds. The van der Waals surface area contributed by atoms with Crippen LogP contribution in [0.5, 0.6) is 0 Å². The van der Waals surface area contributed by atoms with Crippen molar-refractivity contribution in [2.45, 2.75) is 6.04 Å². The molecule has 0 saturated carbocycles. The highest BCUT2D eigenvalue weighted by atomic mass is 16.7. The van der Waals surface area contributed by atoms with Crippen LogP contribution in [0.3, 0.4) is 0 Å². The van der Waals surface area contributed by atoms with Gasteiger partial charge in [0.15, 0.2) is 0 Å². The molecule has 1 unspecified atom stereocenters. The predicted molar refractivity (Wildman–Crippen MR) is 38.1 cm³/mol.